The monoisotopic (exact) mass is 241 g/mol. The first-order valence-corrected chi connectivity index (χ1v) is 5.21. The summed E-state index contributed by atoms with van der Waals surface area (Å²) in [6.07, 6.45) is -0.241. The number of aliphatic hydroxyl groups is 1. The molecule has 2 N–H and O–H groups in total. The SMILES string of the molecule is O[C@@H]1CNC[C@H]1c1cccc(Br)c1. The van der Waals surface area contributed by atoms with Gasteiger partial charge < -0.3 is 10.4 Å². The third-order valence-electron chi connectivity index (χ3n) is 2.46. The Morgan fingerprint density at radius 1 is 1.38 bits per heavy atom. The van der Waals surface area contributed by atoms with Gasteiger partial charge in [-0.1, -0.05) is 28.1 Å². The summed E-state index contributed by atoms with van der Waals surface area (Å²) in [7, 11) is 0. The molecule has 0 bridgehead atoms. The lowest BCUT2D eigenvalue weighted by Crippen LogP contribution is -2.15. The number of β-amino-alcohol motifs (C(OH)–C–C–N with tert-alkyl or cyclic N) is 1. The van der Waals surface area contributed by atoms with Gasteiger partial charge in [-0.15, -0.1) is 0 Å². The molecule has 0 unspecified atom stereocenters. The average molecular weight is 242 g/mol. The van der Waals surface area contributed by atoms with Crippen LogP contribution in [0.15, 0.2) is 28.7 Å². The molecule has 1 aromatic carbocycles. The van der Waals surface area contributed by atoms with Crippen molar-refractivity contribution >= 4 is 15.9 Å². The molecule has 0 amide bonds. The smallest absolute Gasteiger partial charge is 0.0745 e. The second kappa shape index (κ2) is 3.78. The molecule has 13 heavy (non-hydrogen) atoms. The third-order valence-corrected chi connectivity index (χ3v) is 2.95. The maximum Gasteiger partial charge on any atom is 0.0745 e. The van der Waals surface area contributed by atoms with E-state index in [-0.39, 0.29) is 12.0 Å². The van der Waals surface area contributed by atoms with E-state index in [2.05, 4.69) is 33.4 Å². The van der Waals surface area contributed by atoms with Gasteiger partial charge in [-0.2, -0.15) is 0 Å². The molecule has 1 aromatic rings. The van der Waals surface area contributed by atoms with Crippen LogP contribution < -0.4 is 5.32 Å². The molecule has 1 saturated heterocycles. The highest BCUT2D eigenvalue weighted by Crippen LogP contribution is 2.24. The Kier molecular flexibility index (Phi) is 2.67. The van der Waals surface area contributed by atoms with Crippen molar-refractivity contribution in [3.8, 4) is 0 Å². The quantitative estimate of drug-likeness (QED) is 0.782. The van der Waals surface area contributed by atoms with E-state index in [0.29, 0.717) is 6.54 Å². The van der Waals surface area contributed by atoms with Crippen molar-refractivity contribution < 1.29 is 5.11 Å². The van der Waals surface area contributed by atoms with Crippen LogP contribution in [0, 0.1) is 0 Å². The summed E-state index contributed by atoms with van der Waals surface area (Å²) in [5.41, 5.74) is 1.20. The summed E-state index contributed by atoms with van der Waals surface area (Å²) < 4.78 is 1.07. The van der Waals surface area contributed by atoms with E-state index in [1.807, 2.05) is 12.1 Å². The Bertz CT molecular complexity index is 303. The molecule has 70 valence electrons. The number of benzene rings is 1. The van der Waals surface area contributed by atoms with Gasteiger partial charge in [-0.05, 0) is 17.7 Å². The van der Waals surface area contributed by atoms with Gasteiger partial charge in [0.1, 0.15) is 0 Å². The first-order chi connectivity index (χ1) is 6.27. The van der Waals surface area contributed by atoms with Crippen LogP contribution >= 0.6 is 15.9 Å². The molecule has 2 atom stereocenters. The molecule has 1 fully saturated rings. The van der Waals surface area contributed by atoms with Crippen LogP contribution in [0.1, 0.15) is 11.5 Å². The Labute approximate surface area is 86.1 Å². The summed E-state index contributed by atoms with van der Waals surface area (Å²) in [6, 6.07) is 8.13. The zero-order valence-electron chi connectivity index (χ0n) is 7.20. The van der Waals surface area contributed by atoms with E-state index < -0.39 is 0 Å². The first-order valence-electron chi connectivity index (χ1n) is 4.41. The molecule has 0 saturated carbocycles. The second-order valence-corrected chi connectivity index (χ2v) is 4.30. The van der Waals surface area contributed by atoms with Crippen molar-refractivity contribution in [2.45, 2.75) is 12.0 Å². The lowest BCUT2D eigenvalue weighted by molar-refractivity contribution is 0.178. The van der Waals surface area contributed by atoms with Gasteiger partial charge in [0.05, 0.1) is 6.10 Å². The number of nitrogens with one attached hydrogen (secondary N) is 1. The van der Waals surface area contributed by atoms with Gasteiger partial charge in [-0.25, -0.2) is 0 Å². The fraction of sp³-hybridized carbons (Fsp3) is 0.400. The van der Waals surface area contributed by atoms with Crippen LogP contribution in [0.4, 0.5) is 0 Å². The highest BCUT2D eigenvalue weighted by Gasteiger charge is 2.26. The second-order valence-electron chi connectivity index (χ2n) is 3.39. The van der Waals surface area contributed by atoms with Crippen LogP contribution in [0.2, 0.25) is 0 Å². The molecule has 3 heteroatoms. The molecular formula is C10H12BrNO. The number of halogens is 1. The van der Waals surface area contributed by atoms with Crippen LogP contribution in [0.5, 0.6) is 0 Å². The van der Waals surface area contributed by atoms with Gasteiger partial charge in [-0.3, -0.25) is 0 Å². The fourth-order valence-corrected chi connectivity index (χ4v) is 2.16. The molecule has 0 radical (unpaired) electrons. The van der Waals surface area contributed by atoms with Crippen LogP contribution in [-0.2, 0) is 0 Å². The Balaban J connectivity index is 2.24. The van der Waals surface area contributed by atoms with Gasteiger partial charge in [0, 0.05) is 23.5 Å². The molecule has 1 aliphatic rings. The van der Waals surface area contributed by atoms with Gasteiger partial charge in [0.25, 0.3) is 0 Å². The van der Waals surface area contributed by atoms with E-state index in [4.69, 9.17) is 0 Å². The Morgan fingerprint density at radius 3 is 2.85 bits per heavy atom. The minimum absolute atomic E-state index is 0.241. The zero-order chi connectivity index (χ0) is 9.26. The van der Waals surface area contributed by atoms with Crippen molar-refractivity contribution in [2.24, 2.45) is 0 Å². The minimum Gasteiger partial charge on any atom is -0.391 e. The van der Waals surface area contributed by atoms with Gasteiger partial charge in [0.15, 0.2) is 0 Å². The fourth-order valence-electron chi connectivity index (χ4n) is 1.74. The third kappa shape index (κ3) is 1.93. The highest BCUT2D eigenvalue weighted by atomic mass is 79.9. The predicted molar refractivity (Wildman–Crippen MR) is 55.8 cm³/mol. The maximum absolute atomic E-state index is 9.66. The number of hydrogen-bond donors (Lipinski definition) is 2. The van der Waals surface area contributed by atoms with E-state index >= 15 is 0 Å². The van der Waals surface area contributed by atoms with Crippen LogP contribution in [-0.4, -0.2) is 24.3 Å². The van der Waals surface area contributed by atoms with Crippen molar-refractivity contribution in [2.75, 3.05) is 13.1 Å². The van der Waals surface area contributed by atoms with Gasteiger partial charge >= 0.3 is 0 Å². The lowest BCUT2D eigenvalue weighted by atomic mass is 9.96. The summed E-state index contributed by atoms with van der Waals surface area (Å²) in [5, 5.41) is 12.8. The molecule has 1 aliphatic heterocycles. The van der Waals surface area contributed by atoms with E-state index in [9.17, 15) is 5.11 Å². The zero-order valence-corrected chi connectivity index (χ0v) is 8.79. The summed E-state index contributed by atoms with van der Waals surface area (Å²) in [4.78, 5) is 0. The van der Waals surface area contributed by atoms with Crippen molar-refractivity contribution in [1.82, 2.24) is 5.32 Å². The molecule has 0 spiro atoms. The summed E-state index contributed by atoms with van der Waals surface area (Å²) >= 11 is 3.43. The van der Waals surface area contributed by atoms with Crippen molar-refractivity contribution in [3.63, 3.8) is 0 Å². The molecule has 0 aromatic heterocycles. The largest absolute Gasteiger partial charge is 0.391 e. The number of hydrogen-bond acceptors (Lipinski definition) is 2. The summed E-state index contributed by atoms with van der Waals surface area (Å²) in [6.45, 7) is 1.58. The van der Waals surface area contributed by atoms with Crippen molar-refractivity contribution in [1.29, 1.82) is 0 Å². The normalized spacial score (nSPS) is 27.8. The summed E-state index contributed by atoms with van der Waals surface area (Å²) in [5.74, 6) is 0.248. The van der Waals surface area contributed by atoms with Gasteiger partial charge in [0.2, 0.25) is 0 Å². The average Bonchev–Trinajstić information content (AvgIpc) is 2.51. The maximum atomic E-state index is 9.66. The lowest BCUT2D eigenvalue weighted by Gasteiger charge is -2.13. The topological polar surface area (TPSA) is 32.3 Å². The Hall–Kier alpha value is -0.380. The van der Waals surface area contributed by atoms with E-state index in [0.717, 1.165) is 11.0 Å². The molecule has 2 nitrogen and oxygen atoms in total. The standard InChI is InChI=1S/C10H12BrNO/c11-8-3-1-2-7(4-8)9-5-12-6-10(9)13/h1-4,9-10,12-13H,5-6H2/t9-,10+/m0/s1. The molecule has 2 rings (SSSR count). The molecular weight excluding hydrogens is 230 g/mol. The Morgan fingerprint density at radius 2 is 2.23 bits per heavy atom. The minimum atomic E-state index is -0.241. The van der Waals surface area contributed by atoms with Crippen molar-refractivity contribution in [3.05, 3.63) is 34.3 Å². The first kappa shape index (κ1) is 9.19. The van der Waals surface area contributed by atoms with E-state index in [1.165, 1.54) is 5.56 Å². The molecule has 0 aliphatic carbocycles. The molecule has 1 heterocycles. The highest BCUT2D eigenvalue weighted by molar-refractivity contribution is 9.10. The number of aliphatic hydroxyl groups excluding tert-OH is 1. The van der Waals surface area contributed by atoms with Crippen LogP contribution in [0.25, 0.3) is 0 Å². The van der Waals surface area contributed by atoms with Crippen LogP contribution in [0.3, 0.4) is 0 Å². The number of rotatable bonds is 1. The van der Waals surface area contributed by atoms with E-state index in [1.54, 1.807) is 0 Å². The predicted octanol–water partition coefficient (Wildman–Crippen LogP) is 1.50.